The summed E-state index contributed by atoms with van der Waals surface area (Å²) in [6.45, 7) is 0. The fourth-order valence-corrected chi connectivity index (χ4v) is 2.96. The SMILES string of the molecule is S=c1[nH]c2ccccc2c(=S)n1-c1ccccc1Cl. The number of benzene rings is 2. The molecule has 0 spiro atoms. The van der Waals surface area contributed by atoms with Crippen molar-refractivity contribution in [3.63, 3.8) is 0 Å². The summed E-state index contributed by atoms with van der Waals surface area (Å²) < 4.78 is 2.99. The van der Waals surface area contributed by atoms with Crippen LogP contribution in [0.3, 0.4) is 0 Å². The third kappa shape index (κ3) is 2.12. The number of aromatic nitrogens is 2. The van der Waals surface area contributed by atoms with Gasteiger partial charge in [-0.25, -0.2) is 0 Å². The number of aromatic amines is 1. The molecule has 0 aliphatic carbocycles. The Hall–Kier alpha value is -1.49. The molecular formula is C14H9ClN2S2. The van der Waals surface area contributed by atoms with Gasteiger partial charge in [-0.15, -0.1) is 0 Å². The van der Waals surface area contributed by atoms with Gasteiger partial charge in [-0.3, -0.25) is 4.57 Å². The fourth-order valence-electron chi connectivity index (χ4n) is 2.01. The molecule has 0 atom stereocenters. The van der Waals surface area contributed by atoms with Crippen LogP contribution in [0.15, 0.2) is 48.5 Å². The predicted molar refractivity (Wildman–Crippen MR) is 84.3 cm³/mol. The van der Waals surface area contributed by atoms with Crippen LogP contribution in [0.1, 0.15) is 0 Å². The van der Waals surface area contributed by atoms with Gasteiger partial charge in [0, 0.05) is 5.39 Å². The monoisotopic (exact) mass is 304 g/mol. The Kier molecular flexibility index (Phi) is 3.22. The van der Waals surface area contributed by atoms with Gasteiger partial charge in [-0.1, -0.05) is 48.1 Å². The summed E-state index contributed by atoms with van der Waals surface area (Å²) in [5.41, 5.74) is 1.72. The Bertz CT molecular complexity index is 880. The molecule has 2 aromatic carbocycles. The third-order valence-corrected chi connectivity index (χ3v) is 3.91. The molecule has 0 saturated heterocycles. The van der Waals surface area contributed by atoms with Gasteiger partial charge in [-0.2, -0.15) is 0 Å². The lowest BCUT2D eigenvalue weighted by Crippen LogP contribution is -2.02. The fraction of sp³-hybridized carbons (Fsp3) is 0. The van der Waals surface area contributed by atoms with E-state index in [-0.39, 0.29) is 0 Å². The maximum Gasteiger partial charge on any atom is 0.183 e. The normalized spacial score (nSPS) is 10.8. The van der Waals surface area contributed by atoms with Crippen LogP contribution in [0.2, 0.25) is 5.02 Å². The molecule has 1 N–H and O–H groups in total. The highest BCUT2D eigenvalue weighted by Gasteiger charge is 2.07. The van der Waals surface area contributed by atoms with Crippen molar-refractivity contribution < 1.29 is 0 Å². The second kappa shape index (κ2) is 4.89. The van der Waals surface area contributed by atoms with Crippen molar-refractivity contribution >= 4 is 46.9 Å². The molecule has 3 aromatic rings. The molecule has 5 heteroatoms. The summed E-state index contributed by atoms with van der Waals surface area (Å²) in [5.74, 6) is 0. The third-order valence-electron chi connectivity index (χ3n) is 2.90. The van der Waals surface area contributed by atoms with E-state index in [0.29, 0.717) is 14.4 Å². The van der Waals surface area contributed by atoms with Crippen molar-refractivity contribution in [1.29, 1.82) is 0 Å². The number of fused-ring (bicyclic) bond motifs is 1. The first-order valence-electron chi connectivity index (χ1n) is 5.67. The zero-order chi connectivity index (χ0) is 13.4. The zero-order valence-electron chi connectivity index (χ0n) is 9.76. The smallest absolute Gasteiger partial charge is 0.183 e. The number of nitrogens with zero attached hydrogens (tertiary/aromatic N) is 1. The molecule has 3 rings (SSSR count). The molecule has 0 unspecified atom stereocenters. The summed E-state index contributed by atoms with van der Waals surface area (Å²) in [4.78, 5) is 3.18. The Balaban J connectivity index is 2.47. The van der Waals surface area contributed by atoms with Crippen LogP contribution < -0.4 is 0 Å². The average molecular weight is 305 g/mol. The van der Waals surface area contributed by atoms with Crippen molar-refractivity contribution in [2.24, 2.45) is 0 Å². The first-order chi connectivity index (χ1) is 9.18. The summed E-state index contributed by atoms with van der Waals surface area (Å²) in [6, 6.07) is 15.3. The van der Waals surface area contributed by atoms with Crippen LogP contribution >= 0.6 is 36.0 Å². The van der Waals surface area contributed by atoms with Crippen molar-refractivity contribution in [1.82, 2.24) is 9.55 Å². The van der Waals surface area contributed by atoms with Gasteiger partial charge in [0.2, 0.25) is 0 Å². The highest BCUT2D eigenvalue weighted by Crippen LogP contribution is 2.23. The van der Waals surface area contributed by atoms with E-state index in [1.54, 1.807) is 4.57 Å². The van der Waals surface area contributed by atoms with Crippen molar-refractivity contribution in [3.05, 3.63) is 63.0 Å². The minimum absolute atomic E-state index is 0.539. The average Bonchev–Trinajstić information content (AvgIpc) is 2.41. The number of nitrogens with one attached hydrogen (secondary N) is 1. The lowest BCUT2D eigenvalue weighted by Gasteiger charge is -2.11. The van der Waals surface area contributed by atoms with E-state index in [1.165, 1.54) is 0 Å². The molecule has 0 aliphatic heterocycles. The number of rotatable bonds is 1. The molecule has 0 fully saturated rings. The maximum atomic E-state index is 6.23. The molecule has 0 radical (unpaired) electrons. The van der Waals surface area contributed by atoms with Gasteiger partial charge in [0.1, 0.15) is 4.64 Å². The van der Waals surface area contributed by atoms with E-state index < -0.39 is 0 Å². The van der Waals surface area contributed by atoms with E-state index in [9.17, 15) is 0 Å². The maximum absolute atomic E-state index is 6.23. The van der Waals surface area contributed by atoms with E-state index in [1.807, 2.05) is 48.5 Å². The summed E-state index contributed by atoms with van der Waals surface area (Å²) in [6.07, 6.45) is 0. The Morgan fingerprint density at radius 3 is 2.42 bits per heavy atom. The van der Waals surface area contributed by atoms with Gasteiger partial charge in [-0.05, 0) is 36.5 Å². The number of halogens is 1. The first kappa shape index (κ1) is 12.5. The molecule has 1 heterocycles. The topological polar surface area (TPSA) is 20.7 Å². The molecular weight excluding hydrogens is 296 g/mol. The second-order valence-corrected chi connectivity index (χ2v) is 5.25. The Morgan fingerprint density at radius 2 is 1.63 bits per heavy atom. The largest absolute Gasteiger partial charge is 0.331 e. The van der Waals surface area contributed by atoms with Gasteiger partial charge < -0.3 is 4.98 Å². The first-order valence-corrected chi connectivity index (χ1v) is 6.87. The highest BCUT2D eigenvalue weighted by atomic mass is 35.5. The zero-order valence-corrected chi connectivity index (χ0v) is 12.1. The van der Waals surface area contributed by atoms with Gasteiger partial charge >= 0.3 is 0 Å². The molecule has 94 valence electrons. The second-order valence-electron chi connectivity index (χ2n) is 4.07. The van der Waals surface area contributed by atoms with Crippen LogP contribution in [0.25, 0.3) is 16.6 Å². The molecule has 1 aromatic heterocycles. The molecule has 19 heavy (non-hydrogen) atoms. The van der Waals surface area contributed by atoms with Crippen LogP contribution in [0.4, 0.5) is 0 Å². The number of hydrogen-bond donors (Lipinski definition) is 1. The summed E-state index contributed by atoms with van der Waals surface area (Å²) in [7, 11) is 0. The van der Waals surface area contributed by atoms with E-state index in [2.05, 4.69) is 4.98 Å². The predicted octanol–water partition coefficient (Wildman–Crippen LogP) is 5.07. The summed E-state index contributed by atoms with van der Waals surface area (Å²) in [5, 5.41) is 1.57. The summed E-state index contributed by atoms with van der Waals surface area (Å²) >= 11 is 17.2. The Labute approximate surface area is 125 Å². The van der Waals surface area contributed by atoms with Gasteiger partial charge in [0.25, 0.3) is 0 Å². The van der Waals surface area contributed by atoms with Crippen molar-refractivity contribution in [3.8, 4) is 5.69 Å². The molecule has 2 nitrogen and oxygen atoms in total. The van der Waals surface area contributed by atoms with Crippen LogP contribution in [-0.2, 0) is 0 Å². The lowest BCUT2D eigenvalue weighted by molar-refractivity contribution is 0.967. The van der Waals surface area contributed by atoms with Crippen LogP contribution in [0.5, 0.6) is 0 Å². The molecule has 0 saturated carbocycles. The Morgan fingerprint density at radius 1 is 0.947 bits per heavy atom. The minimum atomic E-state index is 0.539. The molecule has 0 amide bonds. The molecule has 0 aliphatic rings. The number of hydrogen-bond acceptors (Lipinski definition) is 2. The van der Waals surface area contributed by atoms with E-state index in [4.69, 9.17) is 36.0 Å². The van der Waals surface area contributed by atoms with Crippen molar-refractivity contribution in [2.45, 2.75) is 0 Å². The van der Waals surface area contributed by atoms with E-state index in [0.717, 1.165) is 16.6 Å². The number of H-pyrrole nitrogens is 1. The van der Waals surface area contributed by atoms with Gasteiger partial charge in [0.05, 0.1) is 16.2 Å². The highest BCUT2D eigenvalue weighted by molar-refractivity contribution is 7.72. The molecule has 0 bridgehead atoms. The standard InChI is InChI=1S/C14H9ClN2S2/c15-10-6-2-4-8-12(10)17-13(18)9-5-1-3-7-11(9)16-14(17)19/h1-8H,(H,16,19). The van der Waals surface area contributed by atoms with Gasteiger partial charge in [0.15, 0.2) is 4.77 Å². The van der Waals surface area contributed by atoms with Crippen LogP contribution in [-0.4, -0.2) is 9.55 Å². The quantitative estimate of drug-likeness (QED) is 0.633. The number of para-hydroxylation sites is 2. The minimum Gasteiger partial charge on any atom is -0.331 e. The van der Waals surface area contributed by atoms with E-state index >= 15 is 0 Å². The van der Waals surface area contributed by atoms with Crippen LogP contribution in [0, 0.1) is 9.41 Å². The lowest BCUT2D eigenvalue weighted by atomic mass is 10.2. The van der Waals surface area contributed by atoms with Crippen molar-refractivity contribution in [2.75, 3.05) is 0 Å².